The van der Waals surface area contributed by atoms with Crippen LogP contribution in [0.2, 0.25) is 0 Å². The third kappa shape index (κ3) is 2.00. The van der Waals surface area contributed by atoms with Crippen molar-refractivity contribution in [3.8, 4) is 0 Å². The highest BCUT2D eigenvalue weighted by atomic mass is 19.1. The van der Waals surface area contributed by atoms with Gasteiger partial charge in [0.15, 0.2) is 17.3 Å². The molecule has 2 aromatic rings. The van der Waals surface area contributed by atoms with Crippen molar-refractivity contribution in [3.63, 3.8) is 0 Å². The van der Waals surface area contributed by atoms with Crippen LogP contribution in [0.4, 0.5) is 4.39 Å². The fourth-order valence-corrected chi connectivity index (χ4v) is 1.49. The van der Waals surface area contributed by atoms with Crippen LogP contribution in [0.25, 0.3) is 11.1 Å². The Balaban J connectivity index is 2.61. The number of fused-ring (bicyclic) bond motifs is 1. The van der Waals surface area contributed by atoms with Gasteiger partial charge >= 0.3 is 5.97 Å². The second kappa shape index (κ2) is 4.16. The van der Waals surface area contributed by atoms with E-state index in [1.165, 1.54) is 13.2 Å². The Kier molecular flexibility index (Phi) is 2.83. The number of carbonyl (C=O) groups excluding carboxylic acids is 1. The number of oxazole rings is 1. The number of nitrogens with zero attached hydrogens (tertiary/aromatic N) is 1. The van der Waals surface area contributed by atoms with E-state index in [0.717, 1.165) is 6.07 Å². The summed E-state index contributed by atoms with van der Waals surface area (Å²) in [4.78, 5) is 15.4. The fraction of sp³-hybridized carbons (Fsp3) is 0.333. The Morgan fingerprint density at radius 1 is 1.47 bits per heavy atom. The van der Waals surface area contributed by atoms with Gasteiger partial charge in [-0.1, -0.05) is 13.8 Å². The number of hydrogen-bond donors (Lipinski definition) is 0. The molecule has 4 nitrogen and oxygen atoms in total. The van der Waals surface area contributed by atoms with E-state index in [4.69, 9.17) is 4.42 Å². The van der Waals surface area contributed by atoms with Gasteiger partial charge in [-0.05, 0) is 12.1 Å². The molecular weight excluding hydrogens is 225 g/mol. The summed E-state index contributed by atoms with van der Waals surface area (Å²) in [5.41, 5.74) is 0.525. The number of halogens is 1. The fourth-order valence-electron chi connectivity index (χ4n) is 1.49. The lowest BCUT2D eigenvalue weighted by Gasteiger charge is -1.98. The summed E-state index contributed by atoms with van der Waals surface area (Å²) in [5.74, 6) is -0.702. The van der Waals surface area contributed by atoms with Crippen LogP contribution in [0, 0.1) is 5.82 Å². The molecule has 1 heterocycles. The minimum atomic E-state index is -0.609. The SMILES string of the molecule is COC(=O)c1cc(F)c2oc(C(C)C)nc2c1. The molecule has 0 aliphatic heterocycles. The Bertz CT molecular complexity index is 574. The molecule has 0 aliphatic carbocycles. The molecule has 0 unspecified atom stereocenters. The number of aromatic nitrogens is 1. The Morgan fingerprint density at radius 3 is 2.76 bits per heavy atom. The molecule has 2 rings (SSSR count). The minimum absolute atomic E-state index is 0.0587. The Labute approximate surface area is 97.4 Å². The summed E-state index contributed by atoms with van der Waals surface area (Å²) in [6.07, 6.45) is 0. The van der Waals surface area contributed by atoms with E-state index < -0.39 is 11.8 Å². The number of rotatable bonds is 2. The smallest absolute Gasteiger partial charge is 0.338 e. The molecule has 5 heteroatoms. The van der Waals surface area contributed by atoms with Crippen molar-refractivity contribution in [2.24, 2.45) is 0 Å². The van der Waals surface area contributed by atoms with Crippen molar-refractivity contribution in [3.05, 3.63) is 29.4 Å². The zero-order valence-corrected chi connectivity index (χ0v) is 9.78. The maximum atomic E-state index is 13.7. The summed E-state index contributed by atoms with van der Waals surface area (Å²) in [7, 11) is 1.24. The van der Waals surface area contributed by atoms with Gasteiger partial charge in [0.05, 0.1) is 12.7 Å². The predicted octanol–water partition coefficient (Wildman–Crippen LogP) is 2.88. The second-order valence-electron chi connectivity index (χ2n) is 4.00. The lowest BCUT2D eigenvalue weighted by molar-refractivity contribution is 0.0600. The van der Waals surface area contributed by atoms with Crippen LogP contribution in [-0.2, 0) is 4.74 Å². The number of ether oxygens (including phenoxy) is 1. The third-order valence-corrected chi connectivity index (χ3v) is 2.38. The molecule has 0 spiro atoms. The number of benzene rings is 1. The molecule has 0 bridgehead atoms. The first-order valence-corrected chi connectivity index (χ1v) is 5.21. The second-order valence-corrected chi connectivity index (χ2v) is 4.00. The first kappa shape index (κ1) is 11.6. The highest BCUT2D eigenvalue weighted by molar-refractivity contribution is 5.93. The first-order chi connectivity index (χ1) is 8.02. The van der Waals surface area contributed by atoms with Gasteiger partial charge in [-0.2, -0.15) is 0 Å². The van der Waals surface area contributed by atoms with E-state index in [-0.39, 0.29) is 17.1 Å². The normalized spacial score (nSPS) is 11.1. The molecule has 1 aromatic heterocycles. The van der Waals surface area contributed by atoms with Crippen LogP contribution in [0.15, 0.2) is 16.5 Å². The topological polar surface area (TPSA) is 52.3 Å². The molecule has 0 amide bonds. The molecule has 0 atom stereocenters. The van der Waals surface area contributed by atoms with Crippen molar-refractivity contribution >= 4 is 17.1 Å². The largest absolute Gasteiger partial charge is 0.465 e. The van der Waals surface area contributed by atoms with E-state index in [1.54, 1.807) is 0 Å². The van der Waals surface area contributed by atoms with Crippen LogP contribution >= 0.6 is 0 Å². The van der Waals surface area contributed by atoms with Gasteiger partial charge < -0.3 is 9.15 Å². The van der Waals surface area contributed by atoms with Crippen molar-refractivity contribution in [1.82, 2.24) is 4.98 Å². The van der Waals surface area contributed by atoms with E-state index in [9.17, 15) is 9.18 Å². The number of methoxy groups -OCH3 is 1. The van der Waals surface area contributed by atoms with Crippen molar-refractivity contribution in [1.29, 1.82) is 0 Å². The molecule has 0 radical (unpaired) electrons. The number of carbonyl (C=O) groups is 1. The van der Waals surface area contributed by atoms with Crippen LogP contribution in [0.1, 0.15) is 36.0 Å². The van der Waals surface area contributed by atoms with Crippen molar-refractivity contribution in [2.45, 2.75) is 19.8 Å². The number of hydrogen-bond acceptors (Lipinski definition) is 4. The standard InChI is InChI=1S/C12H12FNO3/c1-6(2)11-14-9-5-7(12(15)16-3)4-8(13)10(9)17-11/h4-6H,1-3H3. The van der Waals surface area contributed by atoms with Gasteiger partial charge in [-0.25, -0.2) is 14.2 Å². The quantitative estimate of drug-likeness (QED) is 0.753. The zero-order chi connectivity index (χ0) is 12.6. The van der Waals surface area contributed by atoms with Gasteiger partial charge in [-0.3, -0.25) is 0 Å². The molecule has 1 aromatic carbocycles. The van der Waals surface area contributed by atoms with Crippen molar-refractivity contribution in [2.75, 3.05) is 7.11 Å². The average molecular weight is 237 g/mol. The maximum Gasteiger partial charge on any atom is 0.338 e. The summed E-state index contributed by atoms with van der Waals surface area (Å²) < 4.78 is 23.5. The van der Waals surface area contributed by atoms with Crippen molar-refractivity contribution < 1.29 is 18.3 Å². The maximum absolute atomic E-state index is 13.7. The van der Waals surface area contributed by atoms with Gasteiger partial charge in [-0.15, -0.1) is 0 Å². The van der Waals surface area contributed by atoms with Crippen LogP contribution in [-0.4, -0.2) is 18.1 Å². The summed E-state index contributed by atoms with van der Waals surface area (Å²) in [5, 5.41) is 0. The van der Waals surface area contributed by atoms with Gasteiger partial charge in [0, 0.05) is 5.92 Å². The summed E-state index contributed by atoms with van der Waals surface area (Å²) >= 11 is 0. The van der Waals surface area contributed by atoms with Crippen LogP contribution in [0.5, 0.6) is 0 Å². The highest BCUT2D eigenvalue weighted by Gasteiger charge is 2.16. The molecule has 0 fully saturated rings. The van der Waals surface area contributed by atoms with E-state index in [2.05, 4.69) is 9.72 Å². The van der Waals surface area contributed by atoms with Gasteiger partial charge in [0.25, 0.3) is 0 Å². The molecule has 17 heavy (non-hydrogen) atoms. The highest BCUT2D eigenvalue weighted by Crippen LogP contribution is 2.24. The molecule has 0 saturated carbocycles. The average Bonchev–Trinajstić information content (AvgIpc) is 2.72. The molecule has 0 aliphatic rings. The molecule has 0 N–H and O–H groups in total. The Morgan fingerprint density at radius 2 is 2.18 bits per heavy atom. The minimum Gasteiger partial charge on any atom is -0.465 e. The summed E-state index contributed by atoms with van der Waals surface area (Å²) in [6, 6.07) is 2.54. The lowest BCUT2D eigenvalue weighted by atomic mass is 10.2. The third-order valence-electron chi connectivity index (χ3n) is 2.38. The monoisotopic (exact) mass is 237 g/mol. The van der Waals surface area contributed by atoms with Crippen LogP contribution in [0.3, 0.4) is 0 Å². The number of esters is 1. The Hall–Kier alpha value is -1.91. The van der Waals surface area contributed by atoms with Gasteiger partial charge in [0.2, 0.25) is 0 Å². The zero-order valence-electron chi connectivity index (χ0n) is 9.78. The molecule has 90 valence electrons. The van der Waals surface area contributed by atoms with E-state index >= 15 is 0 Å². The molecular formula is C12H12FNO3. The lowest BCUT2D eigenvalue weighted by Crippen LogP contribution is -2.01. The van der Waals surface area contributed by atoms with Gasteiger partial charge in [0.1, 0.15) is 5.52 Å². The molecule has 0 saturated heterocycles. The predicted molar refractivity (Wildman–Crippen MR) is 59.4 cm³/mol. The first-order valence-electron chi connectivity index (χ1n) is 5.21. The van der Waals surface area contributed by atoms with E-state index in [0.29, 0.717) is 11.4 Å². The van der Waals surface area contributed by atoms with Crippen LogP contribution < -0.4 is 0 Å². The van der Waals surface area contributed by atoms with E-state index in [1.807, 2.05) is 13.8 Å². The summed E-state index contributed by atoms with van der Waals surface area (Å²) in [6.45, 7) is 3.79.